The molecule has 0 aromatic carbocycles. The van der Waals surface area contributed by atoms with Crippen LogP contribution in [-0.4, -0.2) is 51.9 Å². The highest BCUT2D eigenvalue weighted by Gasteiger charge is 2.28. The molecule has 2 amide bonds. The number of hydrogen-bond acceptors (Lipinski definition) is 6. The van der Waals surface area contributed by atoms with Crippen LogP contribution in [0.5, 0.6) is 0 Å². The summed E-state index contributed by atoms with van der Waals surface area (Å²) in [6.45, 7) is 3.07. The second-order valence-electron chi connectivity index (χ2n) is 5.01. The Hall–Kier alpha value is -2.26. The fourth-order valence-electron chi connectivity index (χ4n) is 1.99. The summed E-state index contributed by atoms with van der Waals surface area (Å²) in [6.07, 6.45) is 0. The van der Waals surface area contributed by atoms with Gasteiger partial charge in [-0.15, -0.1) is 22.7 Å². The van der Waals surface area contributed by atoms with E-state index in [1.54, 1.807) is 5.38 Å². The van der Waals surface area contributed by atoms with Crippen LogP contribution < -0.4 is 5.32 Å². The highest BCUT2D eigenvalue weighted by molar-refractivity contribution is 7.20. The van der Waals surface area contributed by atoms with Crippen molar-refractivity contribution < 1.29 is 19.5 Å². The molecule has 7 nitrogen and oxygen atoms in total. The van der Waals surface area contributed by atoms with Gasteiger partial charge < -0.3 is 15.3 Å². The number of carbonyl (C=O) groups is 3. The second kappa shape index (κ2) is 8.02. The van der Waals surface area contributed by atoms with Gasteiger partial charge in [0, 0.05) is 25.4 Å². The van der Waals surface area contributed by atoms with E-state index in [0.29, 0.717) is 0 Å². The molecule has 0 radical (unpaired) electrons. The number of thiophene rings is 1. The van der Waals surface area contributed by atoms with E-state index >= 15 is 0 Å². The van der Waals surface area contributed by atoms with Gasteiger partial charge in [0.15, 0.2) is 0 Å². The molecule has 0 saturated carbocycles. The second-order valence-corrected chi connectivity index (χ2v) is 6.82. The molecular weight excluding hydrogens is 350 g/mol. The van der Waals surface area contributed by atoms with Gasteiger partial charge in [0.05, 0.1) is 4.88 Å². The number of carbonyl (C=O) groups excluding carboxylic acids is 2. The smallest absolute Gasteiger partial charge is 0.326 e. The predicted octanol–water partition coefficient (Wildman–Crippen LogP) is 1.92. The average molecular weight is 367 g/mol. The van der Waals surface area contributed by atoms with Crippen LogP contribution in [0.4, 0.5) is 0 Å². The van der Waals surface area contributed by atoms with E-state index in [0.717, 1.165) is 9.88 Å². The van der Waals surface area contributed by atoms with E-state index < -0.39 is 17.9 Å². The normalized spacial score (nSPS) is 11.8. The number of carboxylic acids is 1. The van der Waals surface area contributed by atoms with E-state index in [2.05, 4.69) is 10.3 Å². The molecule has 0 aliphatic heterocycles. The van der Waals surface area contributed by atoms with Crippen LogP contribution in [0.15, 0.2) is 22.9 Å². The van der Waals surface area contributed by atoms with Crippen LogP contribution >= 0.6 is 22.7 Å². The maximum absolute atomic E-state index is 12.6. The third-order valence-corrected chi connectivity index (χ3v) is 5.15. The minimum atomic E-state index is -1.11. The first-order valence-electron chi connectivity index (χ1n) is 7.17. The van der Waals surface area contributed by atoms with Gasteiger partial charge in [-0.25, -0.2) is 9.78 Å². The van der Waals surface area contributed by atoms with Gasteiger partial charge in [0.1, 0.15) is 16.7 Å². The molecule has 0 aliphatic carbocycles. The van der Waals surface area contributed by atoms with E-state index in [1.165, 1.54) is 41.4 Å². The number of nitrogens with zero attached hydrogens (tertiary/aromatic N) is 2. The molecule has 2 rings (SSSR count). The fraction of sp³-hybridized carbons (Fsp3) is 0.333. The summed E-state index contributed by atoms with van der Waals surface area (Å²) in [7, 11) is 0. The Kier molecular flexibility index (Phi) is 6.04. The number of aromatic nitrogens is 1. The van der Waals surface area contributed by atoms with Crippen LogP contribution in [0.2, 0.25) is 0 Å². The van der Waals surface area contributed by atoms with Crippen LogP contribution in [0.1, 0.15) is 24.3 Å². The van der Waals surface area contributed by atoms with Crippen LogP contribution in [0.25, 0.3) is 9.88 Å². The van der Waals surface area contributed by atoms with E-state index in [4.69, 9.17) is 0 Å². The van der Waals surface area contributed by atoms with E-state index in [-0.39, 0.29) is 24.7 Å². The fourth-order valence-corrected chi connectivity index (χ4v) is 3.60. The zero-order valence-electron chi connectivity index (χ0n) is 13.2. The van der Waals surface area contributed by atoms with Crippen molar-refractivity contribution in [1.82, 2.24) is 15.2 Å². The topological polar surface area (TPSA) is 99.6 Å². The first-order valence-corrected chi connectivity index (χ1v) is 8.93. The Morgan fingerprint density at radius 2 is 2.12 bits per heavy atom. The Morgan fingerprint density at radius 3 is 2.71 bits per heavy atom. The Balaban J connectivity index is 2.17. The van der Waals surface area contributed by atoms with Gasteiger partial charge in [0.25, 0.3) is 5.91 Å². The van der Waals surface area contributed by atoms with E-state index in [9.17, 15) is 19.5 Å². The summed E-state index contributed by atoms with van der Waals surface area (Å²) >= 11 is 2.86. The third-order valence-electron chi connectivity index (χ3n) is 3.27. The lowest BCUT2D eigenvalue weighted by Gasteiger charge is -2.25. The number of aliphatic carboxylic acids is 1. The van der Waals surface area contributed by atoms with E-state index in [1.807, 2.05) is 17.5 Å². The summed E-state index contributed by atoms with van der Waals surface area (Å²) in [5.41, 5.74) is 0.208. The zero-order chi connectivity index (χ0) is 17.7. The Labute approximate surface area is 146 Å². The number of thiazole rings is 1. The number of carboxylic acid groups (broad SMARTS) is 1. The quantitative estimate of drug-likeness (QED) is 0.779. The molecule has 1 atom stereocenters. The van der Waals surface area contributed by atoms with Gasteiger partial charge in [0.2, 0.25) is 5.91 Å². The molecular formula is C15H17N3O4S2. The number of hydrogen-bond donors (Lipinski definition) is 2. The summed E-state index contributed by atoms with van der Waals surface area (Å²) in [5.74, 6) is -1.81. The lowest BCUT2D eigenvalue weighted by molar-refractivity contribution is -0.141. The SMILES string of the molecule is CC(=O)NCCN(C(=O)c1csc(-c2cccs2)n1)C(C)C(=O)O. The number of amides is 2. The molecule has 9 heteroatoms. The third kappa shape index (κ3) is 4.39. The number of nitrogens with one attached hydrogen (secondary N) is 1. The minimum absolute atomic E-state index is 0.0950. The van der Waals surface area contributed by atoms with Gasteiger partial charge in [-0.2, -0.15) is 0 Å². The van der Waals surface area contributed by atoms with Crippen molar-refractivity contribution in [2.24, 2.45) is 0 Å². The van der Waals surface area contributed by atoms with Crippen molar-refractivity contribution in [1.29, 1.82) is 0 Å². The average Bonchev–Trinajstić information content (AvgIpc) is 3.20. The monoisotopic (exact) mass is 367 g/mol. The summed E-state index contributed by atoms with van der Waals surface area (Å²) in [6, 6.07) is 2.79. The molecule has 0 aliphatic rings. The molecule has 128 valence electrons. The highest BCUT2D eigenvalue weighted by Crippen LogP contribution is 2.28. The largest absolute Gasteiger partial charge is 0.480 e. The molecule has 1 unspecified atom stereocenters. The summed E-state index contributed by atoms with van der Waals surface area (Å²) in [4.78, 5) is 41.3. The van der Waals surface area contributed by atoms with Crippen LogP contribution in [0.3, 0.4) is 0 Å². The Bertz CT molecular complexity index is 727. The molecule has 0 saturated heterocycles. The van der Waals surface area contributed by atoms with Gasteiger partial charge in [-0.3, -0.25) is 9.59 Å². The highest BCUT2D eigenvalue weighted by atomic mass is 32.1. The minimum Gasteiger partial charge on any atom is -0.480 e. The van der Waals surface area contributed by atoms with Crippen LogP contribution in [-0.2, 0) is 9.59 Å². The lowest BCUT2D eigenvalue weighted by atomic mass is 10.2. The maximum atomic E-state index is 12.6. The van der Waals surface area contributed by atoms with Crippen molar-refractivity contribution in [3.8, 4) is 9.88 Å². The molecule has 24 heavy (non-hydrogen) atoms. The molecule has 0 fully saturated rings. The van der Waals surface area contributed by atoms with Gasteiger partial charge in [-0.1, -0.05) is 6.07 Å². The molecule has 2 aromatic rings. The zero-order valence-corrected chi connectivity index (χ0v) is 14.8. The van der Waals surface area contributed by atoms with Crippen molar-refractivity contribution in [2.45, 2.75) is 19.9 Å². The Morgan fingerprint density at radius 1 is 1.38 bits per heavy atom. The molecule has 0 spiro atoms. The number of rotatable bonds is 7. The summed E-state index contributed by atoms with van der Waals surface area (Å²) in [5, 5.41) is 16.0. The van der Waals surface area contributed by atoms with Crippen molar-refractivity contribution in [3.63, 3.8) is 0 Å². The van der Waals surface area contributed by atoms with Crippen molar-refractivity contribution in [2.75, 3.05) is 13.1 Å². The summed E-state index contributed by atoms with van der Waals surface area (Å²) < 4.78 is 0. The van der Waals surface area contributed by atoms with Gasteiger partial charge in [-0.05, 0) is 18.4 Å². The molecule has 2 aromatic heterocycles. The first kappa shape index (κ1) is 18.1. The molecule has 2 N–H and O–H groups in total. The van der Waals surface area contributed by atoms with Crippen LogP contribution in [0, 0.1) is 0 Å². The maximum Gasteiger partial charge on any atom is 0.326 e. The molecule has 2 heterocycles. The standard InChI is InChI=1S/C15H17N3O4S2/c1-9(15(21)22)18(6-5-16-10(2)19)14(20)11-8-24-13(17-11)12-4-3-7-23-12/h3-4,7-9H,5-6H2,1-2H3,(H,16,19)(H,21,22). The van der Waals surface area contributed by atoms with Crippen molar-refractivity contribution in [3.05, 3.63) is 28.6 Å². The first-order chi connectivity index (χ1) is 11.4. The molecule has 0 bridgehead atoms. The van der Waals surface area contributed by atoms with Gasteiger partial charge >= 0.3 is 5.97 Å². The lowest BCUT2D eigenvalue weighted by Crippen LogP contribution is -2.46. The van der Waals surface area contributed by atoms with Crippen molar-refractivity contribution >= 4 is 40.5 Å². The predicted molar refractivity (Wildman–Crippen MR) is 92.2 cm³/mol.